The molecular weight excluding hydrogens is 180 g/mol. The summed E-state index contributed by atoms with van der Waals surface area (Å²) in [7, 11) is -4.24. The molecule has 0 aromatic carbocycles. The molecule has 0 N–H and O–H groups in total. The first-order valence-electron chi connectivity index (χ1n) is 1.96. The van der Waals surface area contributed by atoms with Gasteiger partial charge in [0.05, 0.1) is 0 Å². The van der Waals surface area contributed by atoms with Crippen LogP contribution in [0.2, 0.25) is 0 Å². The van der Waals surface area contributed by atoms with Gasteiger partial charge in [-0.1, -0.05) is 0 Å². The first-order valence-corrected chi connectivity index (χ1v) is 3.57. The average molecular weight is 187 g/mol. The fourth-order valence-electron chi connectivity index (χ4n) is 0. The van der Waals surface area contributed by atoms with E-state index in [9.17, 15) is 14.7 Å². The van der Waals surface area contributed by atoms with E-state index >= 15 is 0 Å². The van der Waals surface area contributed by atoms with Crippen molar-refractivity contribution in [3.8, 4) is 0 Å². The molecule has 0 atom stereocenters. The maximum absolute atomic E-state index is 9.80. The Morgan fingerprint density at radius 1 is 1.12 bits per heavy atom. The predicted octanol–water partition coefficient (Wildman–Crippen LogP) is -1.76. The van der Waals surface area contributed by atoms with Crippen LogP contribution in [0.1, 0.15) is 13.8 Å². The van der Waals surface area contributed by atoms with Crippen molar-refractivity contribution in [2.75, 3.05) is 0 Å². The zero-order valence-electron chi connectivity index (χ0n) is 4.96. The van der Waals surface area contributed by atoms with Gasteiger partial charge in [0.2, 0.25) is 0 Å². The van der Waals surface area contributed by atoms with E-state index < -0.39 is 13.6 Å². The van der Waals surface area contributed by atoms with Crippen LogP contribution in [0.3, 0.4) is 0 Å². The van der Waals surface area contributed by atoms with E-state index in [1.54, 1.807) is 0 Å². The molecule has 0 rings (SSSR count). The van der Waals surface area contributed by atoms with Gasteiger partial charge in [0.15, 0.2) is 0 Å². The molecule has 0 aromatic heterocycles. The van der Waals surface area contributed by atoms with Crippen LogP contribution < -0.4 is 14.7 Å². The minimum absolute atomic E-state index is 0. The normalized spacial score (nSPS) is 11.2. The molecule has 8 heavy (non-hydrogen) atoms. The third-order valence-corrected chi connectivity index (χ3v) is 1.90. The second kappa shape index (κ2) is 3.87. The Morgan fingerprint density at radius 3 is 1.25 bits per heavy atom. The predicted molar refractivity (Wildman–Crippen MR) is 22.1 cm³/mol. The Balaban J connectivity index is 0. The van der Waals surface area contributed by atoms with Crippen LogP contribution in [0.25, 0.3) is 0 Å². The van der Waals surface area contributed by atoms with Crippen molar-refractivity contribution in [2.45, 2.75) is 19.5 Å². The zero-order valence-corrected chi connectivity index (χ0v) is 8.82. The van der Waals surface area contributed by atoms with Gasteiger partial charge >= 0.3 is 19.5 Å². The zero-order chi connectivity index (χ0) is 6.08. The number of hydrogen-bond acceptors (Lipinski definition) is 3. The summed E-state index contributed by atoms with van der Waals surface area (Å²) in [4.78, 5) is 29.4. The standard InChI is InChI=1S/C3H9O3P.Zn/c1-3(2)7(4,5)6;/h3H,1-2H3,(H2,4,5,6);/q;+2/p-2. The summed E-state index contributed by atoms with van der Waals surface area (Å²) in [5.41, 5.74) is -0.757. The van der Waals surface area contributed by atoms with Crippen LogP contribution in [0.15, 0.2) is 0 Å². The second-order valence-corrected chi connectivity index (χ2v) is 3.75. The van der Waals surface area contributed by atoms with Gasteiger partial charge in [0.1, 0.15) is 0 Å². The maximum Gasteiger partial charge on any atom is 2.00 e. The van der Waals surface area contributed by atoms with Crippen molar-refractivity contribution in [1.82, 2.24) is 0 Å². The van der Waals surface area contributed by atoms with Crippen LogP contribution in [-0.2, 0) is 19.5 Å². The van der Waals surface area contributed by atoms with E-state index in [1.165, 1.54) is 13.8 Å². The quantitative estimate of drug-likeness (QED) is 0.361. The summed E-state index contributed by atoms with van der Waals surface area (Å²) in [5, 5.41) is 0. The van der Waals surface area contributed by atoms with Crippen molar-refractivity contribution in [3.05, 3.63) is 0 Å². The average Bonchev–Trinajstić information content (AvgIpc) is 1.31. The molecule has 0 unspecified atom stereocenters. The van der Waals surface area contributed by atoms with Crippen molar-refractivity contribution >= 4 is 7.94 Å². The Kier molecular flexibility index (Phi) is 5.65. The summed E-state index contributed by atoms with van der Waals surface area (Å²) in [5.74, 6) is 0. The number of hydrogen-bond donors (Lipinski definition) is 0. The Labute approximate surface area is 62.1 Å². The van der Waals surface area contributed by atoms with Crippen LogP contribution in [0.5, 0.6) is 0 Å². The van der Waals surface area contributed by atoms with Crippen molar-refractivity contribution < 1.29 is 34.2 Å². The van der Waals surface area contributed by atoms with Gasteiger partial charge < -0.3 is 14.7 Å². The Bertz CT molecular complexity index is 60.0. The van der Waals surface area contributed by atoms with Gasteiger partial charge in [-0.05, 0) is 13.8 Å². The molecule has 0 bridgehead atoms. The fourth-order valence-corrected chi connectivity index (χ4v) is 0. The molecule has 0 amide bonds. The van der Waals surface area contributed by atoms with Gasteiger partial charge in [-0.25, -0.2) is 0 Å². The Morgan fingerprint density at radius 2 is 1.25 bits per heavy atom. The molecule has 0 aromatic rings. The maximum atomic E-state index is 9.80. The third kappa shape index (κ3) is 5.08. The summed E-state index contributed by atoms with van der Waals surface area (Å²) < 4.78 is 0. The molecule has 3 nitrogen and oxygen atoms in total. The minimum atomic E-state index is -4.24. The smallest absolute Gasteiger partial charge is 0.687 e. The molecule has 0 saturated heterocycles. The molecule has 0 fully saturated rings. The van der Waals surface area contributed by atoms with Crippen LogP contribution in [-0.4, -0.2) is 5.66 Å². The fraction of sp³-hybridized carbons (Fsp3) is 1.00. The topological polar surface area (TPSA) is 69.2 Å². The SMILES string of the molecule is CC(C)[P+]([O-])([O-])[O-].[Zn+2]. The second-order valence-electron chi connectivity index (χ2n) is 1.63. The molecule has 0 spiro atoms. The van der Waals surface area contributed by atoms with Crippen molar-refractivity contribution in [1.29, 1.82) is 0 Å². The summed E-state index contributed by atoms with van der Waals surface area (Å²) in [6.45, 7) is 2.72. The van der Waals surface area contributed by atoms with Gasteiger partial charge in [0, 0.05) is 5.66 Å². The van der Waals surface area contributed by atoms with Gasteiger partial charge in [0.25, 0.3) is 0 Å². The molecule has 44 valence electrons. The van der Waals surface area contributed by atoms with Crippen LogP contribution in [0, 0.1) is 0 Å². The Hall–Kier alpha value is 0.933. The molecule has 0 aliphatic rings. The van der Waals surface area contributed by atoms with Gasteiger partial charge in [-0.3, -0.25) is 0 Å². The minimum Gasteiger partial charge on any atom is -0.687 e. The van der Waals surface area contributed by atoms with Gasteiger partial charge in [-0.2, -0.15) is 7.94 Å². The summed E-state index contributed by atoms with van der Waals surface area (Å²) >= 11 is 0. The van der Waals surface area contributed by atoms with Crippen LogP contribution >= 0.6 is 7.94 Å². The third-order valence-electron chi connectivity index (χ3n) is 0.632. The molecule has 5 heteroatoms. The molecule has 0 saturated carbocycles. The largest absolute Gasteiger partial charge is 2.00 e. The van der Waals surface area contributed by atoms with E-state index in [0.717, 1.165) is 0 Å². The summed E-state index contributed by atoms with van der Waals surface area (Å²) in [6.07, 6.45) is 0. The van der Waals surface area contributed by atoms with Gasteiger partial charge in [-0.15, -0.1) is 0 Å². The van der Waals surface area contributed by atoms with E-state index in [1.807, 2.05) is 0 Å². The molecule has 0 heterocycles. The van der Waals surface area contributed by atoms with Crippen molar-refractivity contribution in [2.24, 2.45) is 0 Å². The van der Waals surface area contributed by atoms with Crippen molar-refractivity contribution in [3.63, 3.8) is 0 Å². The molecular formula is C3H7O3PZn. The van der Waals surface area contributed by atoms with E-state index in [-0.39, 0.29) is 19.5 Å². The molecule has 0 aliphatic heterocycles. The monoisotopic (exact) mass is 186 g/mol. The molecule has 0 radical (unpaired) electrons. The number of rotatable bonds is 1. The summed E-state index contributed by atoms with van der Waals surface area (Å²) in [6, 6.07) is 0. The van der Waals surface area contributed by atoms with E-state index in [2.05, 4.69) is 0 Å². The first kappa shape index (κ1) is 11.7. The van der Waals surface area contributed by atoms with E-state index in [0.29, 0.717) is 0 Å². The molecule has 0 aliphatic carbocycles. The van der Waals surface area contributed by atoms with E-state index in [4.69, 9.17) is 0 Å². The van der Waals surface area contributed by atoms with Crippen LogP contribution in [0.4, 0.5) is 0 Å². The first-order chi connectivity index (χ1) is 2.94.